The van der Waals surface area contributed by atoms with Crippen LogP contribution in [0.5, 0.6) is 0 Å². The summed E-state index contributed by atoms with van der Waals surface area (Å²) in [5.41, 5.74) is 2.33. The van der Waals surface area contributed by atoms with Gasteiger partial charge in [-0.2, -0.15) is 0 Å². The highest BCUT2D eigenvalue weighted by Gasteiger charge is 2.25. The fraction of sp³-hybridized carbons (Fsp3) is 0.529. The van der Waals surface area contributed by atoms with Gasteiger partial charge in [-0.25, -0.2) is 4.98 Å². The lowest BCUT2D eigenvalue weighted by atomic mass is 9.91. The third kappa shape index (κ3) is 3.50. The Bertz CT molecular complexity index is 577. The van der Waals surface area contributed by atoms with Crippen LogP contribution in [0.2, 0.25) is 0 Å². The van der Waals surface area contributed by atoms with E-state index in [1.54, 1.807) is 0 Å². The van der Waals surface area contributed by atoms with E-state index in [1.165, 1.54) is 29.8 Å². The molecule has 0 amide bonds. The van der Waals surface area contributed by atoms with Crippen molar-refractivity contribution in [1.82, 2.24) is 15.3 Å². The Balaban J connectivity index is 1.77. The molecule has 0 aromatic carbocycles. The Morgan fingerprint density at radius 3 is 3.05 bits per heavy atom. The van der Waals surface area contributed by atoms with E-state index in [0.29, 0.717) is 11.8 Å². The average Bonchev–Trinajstić information content (AvgIpc) is 2.93. The van der Waals surface area contributed by atoms with Gasteiger partial charge in [0.25, 0.3) is 0 Å². The smallest absolute Gasteiger partial charge is 0.142 e. The molecular formula is C17H23N3S. The Labute approximate surface area is 130 Å². The van der Waals surface area contributed by atoms with E-state index in [9.17, 15) is 0 Å². The van der Waals surface area contributed by atoms with Crippen molar-refractivity contribution in [2.24, 2.45) is 5.92 Å². The summed E-state index contributed by atoms with van der Waals surface area (Å²) in [6.07, 6.45) is 5.56. The summed E-state index contributed by atoms with van der Waals surface area (Å²) in [4.78, 5) is 10.8. The maximum Gasteiger partial charge on any atom is 0.142 e. The number of hydrogen-bond acceptors (Lipinski definition) is 4. The minimum absolute atomic E-state index is 0.571. The first-order chi connectivity index (χ1) is 10.2. The van der Waals surface area contributed by atoms with Crippen LogP contribution in [0.3, 0.4) is 0 Å². The van der Waals surface area contributed by atoms with Crippen LogP contribution in [0.25, 0.3) is 10.7 Å². The first-order valence-electron chi connectivity index (χ1n) is 7.85. The number of thiazole rings is 1. The molecule has 0 fully saturated rings. The van der Waals surface area contributed by atoms with Crippen molar-refractivity contribution in [1.29, 1.82) is 0 Å². The molecule has 3 rings (SSSR count). The Hall–Kier alpha value is -1.26. The molecule has 2 aromatic rings. The van der Waals surface area contributed by atoms with Gasteiger partial charge in [0, 0.05) is 23.5 Å². The molecule has 3 nitrogen and oxygen atoms in total. The predicted molar refractivity (Wildman–Crippen MR) is 88.7 cm³/mol. The number of hydrogen-bond donors (Lipinski definition) is 1. The van der Waals surface area contributed by atoms with Gasteiger partial charge in [-0.05, 0) is 43.9 Å². The molecule has 0 saturated carbocycles. The summed E-state index contributed by atoms with van der Waals surface area (Å²) in [6, 6.07) is 6.04. The Morgan fingerprint density at radius 1 is 1.38 bits per heavy atom. The summed E-state index contributed by atoms with van der Waals surface area (Å²) in [7, 11) is 0. The summed E-state index contributed by atoms with van der Waals surface area (Å²) in [5, 5.41) is 4.67. The minimum Gasteiger partial charge on any atom is -0.316 e. The fourth-order valence-corrected chi connectivity index (χ4v) is 4.02. The minimum atomic E-state index is 0.571. The Morgan fingerprint density at radius 2 is 2.29 bits per heavy atom. The monoisotopic (exact) mass is 301 g/mol. The fourth-order valence-electron chi connectivity index (χ4n) is 2.85. The average molecular weight is 301 g/mol. The lowest BCUT2D eigenvalue weighted by molar-refractivity contribution is 0.473. The van der Waals surface area contributed by atoms with Crippen LogP contribution in [0.15, 0.2) is 24.4 Å². The quantitative estimate of drug-likeness (QED) is 0.911. The van der Waals surface area contributed by atoms with Crippen molar-refractivity contribution in [2.45, 2.75) is 39.0 Å². The van der Waals surface area contributed by atoms with Gasteiger partial charge in [0.15, 0.2) is 0 Å². The number of pyridine rings is 1. The van der Waals surface area contributed by atoms with Crippen LogP contribution in [-0.2, 0) is 6.42 Å². The molecule has 0 saturated heterocycles. The molecule has 1 atom stereocenters. The largest absolute Gasteiger partial charge is 0.316 e. The van der Waals surface area contributed by atoms with Gasteiger partial charge in [-0.1, -0.05) is 19.9 Å². The van der Waals surface area contributed by atoms with Gasteiger partial charge in [0.05, 0.1) is 11.4 Å². The molecular weight excluding hydrogens is 278 g/mol. The van der Waals surface area contributed by atoms with Gasteiger partial charge in [-0.15, -0.1) is 11.3 Å². The van der Waals surface area contributed by atoms with Crippen molar-refractivity contribution in [3.8, 4) is 10.7 Å². The molecule has 21 heavy (non-hydrogen) atoms. The van der Waals surface area contributed by atoms with Crippen LogP contribution in [0.4, 0.5) is 0 Å². The zero-order chi connectivity index (χ0) is 14.7. The highest BCUT2D eigenvalue weighted by Crippen LogP contribution is 2.37. The van der Waals surface area contributed by atoms with Gasteiger partial charge in [-0.3, -0.25) is 4.98 Å². The molecule has 112 valence electrons. The second kappa shape index (κ2) is 6.67. The zero-order valence-corrected chi connectivity index (χ0v) is 13.6. The third-order valence-corrected chi connectivity index (χ3v) is 5.05. The number of aryl methyl sites for hydroxylation is 1. The van der Waals surface area contributed by atoms with E-state index in [2.05, 4.69) is 30.2 Å². The predicted octanol–water partition coefficient (Wildman–Crippen LogP) is 3.87. The maximum absolute atomic E-state index is 4.92. The topological polar surface area (TPSA) is 37.8 Å². The highest BCUT2D eigenvalue weighted by molar-refractivity contribution is 7.15. The molecule has 0 radical (unpaired) electrons. The molecule has 4 heteroatoms. The lowest BCUT2D eigenvalue weighted by Gasteiger charge is -2.22. The third-order valence-electron chi connectivity index (χ3n) is 3.90. The van der Waals surface area contributed by atoms with E-state index in [0.717, 1.165) is 23.8 Å². The highest BCUT2D eigenvalue weighted by atomic mass is 32.1. The normalized spacial score (nSPS) is 18.0. The van der Waals surface area contributed by atoms with Crippen molar-refractivity contribution < 1.29 is 0 Å². The summed E-state index contributed by atoms with van der Waals surface area (Å²) in [5.74, 6) is 1.27. The van der Waals surface area contributed by atoms with Crippen LogP contribution in [0.1, 0.15) is 43.2 Å². The molecule has 1 unspecified atom stereocenters. The van der Waals surface area contributed by atoms with Crippen molar-refractivity contribution in [3.63, 3.8) is 0 Å². The molecule has 1 aliphatic carbocycles. The van der Waals surface area contributed by atoms with E-state index in [4.69, 9.17) is 4.98 Å². The zero-order valence-electron chi connectivity index (χ0n) is 12.8. The molecule has 2 aromatic heterocycles. The number of nitrogens with one attached hydrogen (secondary N) is 1. The van der Waals surface area contributed by atoms with Crippen molar-refractivity contribution >= 4 is 11.3 Å². The second-order valence-corrected chi connectivity index (χ2v) is 7.27. The van der Waals surface area contributed by atoms with Gasteiger partial charge in [0.2, 0.25) is 0 Å². The standard InChI is InChI=1S/C17H23N3S/c1-12(2)10-18-11-13-6-5-8-15-16(13)20-17(21-15)14-7-3-4-9-19-14/h3-4,7,9,12-13,18H,5-6,8,10-11H2,1-2H3. The van der Waals surface area contributed by atoms with E-state index in [-0.39, 0.29) is 0 Å². The van der Waals surface area contributed by atoms with Crippen LogP contribution in [0, 0.1) is 5.92 Å². The first kappa shape index (κ1) is 14.7. The lowest BCUT2D eigenvalue weighted by Crippen LogP contribution is -2.27. The SMILES string of the molecule is CC(C)CNCC1CCCc2sc(-c3ccccn3)nc21. The summed E-state index contributed by atoms with van der Waals surface area (Å²) >= 11 is 1.83. The molecule has 0 aliphatic heterocycles. The number of rotatable bonds is 5. The Kier molecular flexibility index (Phi) is 4.66. The maximum atomic E-state index is 4.92. The number of fused-ring (bicyclic) bond motifs is 1. The number of nitrogens with zero attached hydrogens (tertiary/aromatic N) is 2. The molecule has 1 N–H and O–H groups in total. The van der Waals surface area contributed by atoms with Crippen LogP contribution >= 0.6 is 11.3 Å². The van der Waals surface area contributed by atoms with Gasteiger partial charge in [0.1, 0.15) is 5.01 Å². The first-order valence-corrected chi connectivity index (χ1v) is 8.67. The van der Waals surface area contributed by atoms with Crippen molar-refractivity contribution in [3.05, 3.63) is 35.0 Å². The summed E-state index contributed by atoms with van der Waals surface area (Å²) in [6.45, 7) is 6.64. The van der Waals surface area contributed by atoms with E-state index < -0.39 is 0 Å². The molecule has 0 bridgehead atoms. The van der Waals surface area contributed by atoms with E-state index in [1.807, 2.05) is 29.7 Å². The number of aromatic nitrogens is 2. The molecule has 2 heterocycles. The summed E-state index contributed by atoms with van der Waals surface area (Å²) < 4.78 is 0. The van der Waals surface area contributed by atoms with Gasteiger partial charge < -0.3 is 5.32 Å². The van der Waals surface area contributed by atoms with E-state index >= 15 is 0 Å². The van der Waals surface area contributed by atoms with Crippen molar-refractivity contribution in [2.75, 3.05) is 13.1 Å². The van der Waals surface area contributed by atoms with Crippen LogP contribution < -0.4 is 5.32 Å². The molecule has 1 aliphatic rings. The van der Waals surface area contributed by atoms with Crippen LogP contribution in [-0.4, -0.2) is 23.1 Å². The second-order valence-electron chi connectivity index (χ2n) is 6.18. The molecule has 0 spiro atoms. The van der Waals surface area contributed by atoms with Gasteiger partial charge >= 0.3 is 0 Å².